The second kappa shape index (κ2) is 12.2. The minimum Gasteiger partial charge on any atom is -0.449 e. The first-order valence-electron chi connectivity index (χ1n) is 11.9. The summed E-state index contributed by atoms with van der Waals surface area (Å²) in [5.74, 6) is 3.30. The zero-order valence-electron chi connectivity index (χ0n) is 21.0. The van der Waals surface area contributed by atoms with Gasteiger partial charge < -0.3 is 4.74 Å². The first kappa shape index (κ1) is 27.3. The van der Waals surface area contributed by atoms with E-state index in [9.17, 15) is 22.4 Å². The van der Waals surface area contributed by atoms with E-state index in [1.54, 1.807) is 67.6 Å². The standard InChI is InChI=1S/C31H24FNO5S/c1-23-17-19-28(20-18-23)39(36,37)33(30(34)24-10-4-2-5-11-24)29(26-14-8-15-27(32)22-26)16-9-21-38-31(35)25-12-6-3-7-13-25/h2-8,10-15,17-20,22,29H,21H2,1H3. The van der Waals surface area contributed by atoms with Crippen molar-refractivity contribution >= 4 is 21.9 Å². The third-order valence-electron chi connectivity index (χ3n) is 5.72. The van der Waals surface area contributed by atoms with Crippen molar-refractivity contribution < 1.29 is 27.1 Å². The normalized spacial score (nSPS) is 11.5. The van der Waals surface area contributed by atoms with E-state index in [0.29, 0.717) is 9.87 Å². The smallest absolute Gasteiger partial charge is 0.339 e. The number of amides is 1. The molecule has 0 bridgehead atoms. The van der Waals surface area contributed by atoms with Crippen LogP contribution in [0, 0.1) is 24.6 Å². The zero-order chi connectivity index (χ0) is 27.8. The highest BCUT2D eigenvalue weighted by Crippen LogP contribution is 2.30. The number of benzene rings is 4. The Morgan fingerprint density at radius 2 is 1.46 bits per heavy atom. The summed E-state index contributed by atoms with van der Waals surface area (Å²) in [5.41, 5.74) is 1.39. The highest BCUT2D eigenvalue weighted by molar-refractivity contribution is 7.89. The van der Waals surface area contributed by atoms with Crippen molar-refractivity contribution in [2.24, 2.45) is 0 Å². The predicted octanol–water partition coefficient (Wildman–Crippen LogP) is 5.57. The van der Waals surface area contributed by atoms with Gasteiger partial charge in [-0.3, -0.25) is 4.79 Å². The summed E-state index contributed by atoms with van der Waals surface area (Å²) >= 11 is 0. The molecule has 4 aromatic rings. The van der Waals surface area contributed by atoms with Crippen LogP contribution < -0.4 is 0 Å². The Hall–Kier alpha value is -4.74. The molecule has 1 unspecified atom stereocenters. The molecule has 0 aliphatic carbocycles. The van der Waals surface area contributed by atoms with Crippen molar-refractivity contribution in [3.63, 3.8) is 0 Å². The fourth-order valence-corrected chi connectivity index (χ4v) is 5.23. The van der Waals surface area contributed by atoms with Crippen molar-refractivity contribution in [1.29, 1.82) is 0 Å². The summed E-state index contributed by atoms with van der Waals surface area (Å²) < 4.78 is 48.0. The third kappa shape index (κ3) is 6.58. The van der Waals surface area contributed by atoms with E-state index in [0.717, 1.165) is 11.6 Å². The van der Waals surface area contributed by atoms with Crippen LogP contribution in [0.4, 0.5) is 4.39 Å². The number of ether oxygens (including phenoxy) is 1. The van der Waals surface area contributed by atoms with E-state index in [1.807, 2.05) is 0 Å². The number of sulfonamides is 1. The molecule has 8 heteroatoms. The molecule has 1 amide bonds. The average molecular weight is 542 g/mol. The topological polar surface area (TPSA) is 80.8 Å². The number of carbonyl (C=O) groups excluding carboxylic acids is 2. The number of aryl methyl sites for hydroxylation is 1. The number of rotatable bonds is 7. The summed E-state index contributed by atoms with van der Waals surface area (Å²) in [6.45, 7) is 1.43. The van der Waals surface area contributed by atoms with E-state index in [4.69, 9.17) is 4.74 Å². The van der Waals surface area contributed by atoms with Crippen LogP contribution in [0.5, 0.6) is 0 Å². The molecule has 0 saturated heterocycles. The monoisotopic (exact) mass is 541 g/mol. The average Bonchev–Trinajstić information content (AvgIpc) is 2.95. The van der Waals surface area contributed by atoms with Gasteiger partial charge in [0.2, 0.25) is 0 Å². The molecule has 1 atom stereocenters. The van der Waals surface area contributed by atoms with E-state index in [1.165, 1.54) is 42.5 Å². The summed E-state index contributed by atoms with van der Waals surface area (Å²) in [7, 11) is -4.47. The summed E-state index contributed by atoms with van der Waals surface area (Å²) in [6, 6.07) is 26.0. The van der Waals surface area contributed by atoms with E-state index in [-0.39, 0.29) is 22.6 Å². The van der Waals surface area contributed by atoms with Crippen LogP contribution in [0.1, 0.15) is 37.9 Å². The van der Waals surface area contributed by atoms with Crippen LogP contribution in [0.2, 0.25) is 0 Å². The Balaban J connectivity index is 1.78. The number of hydrogen-bond donors (Lipinski definition) is 0. The van der Waals surface area contributed by atoms with Gasteiger partial charge in [0.1, 0.15) is 11.9 Å². The Morgan fingerprint density at radius 3 is 2.08 bits per heavy atom. The molecule has 0 radical (unpaired) electrons. The summed E-state index contributed by atoms with van der Waals surface area (Å²) in [6.07, 6.45) is 0. The third-order valence-corrected chi connectivity index (χ3v) is 7.48. The Bertz CT molecular complexity index is 1630. The molecule has 0 fully saturated rings. The molecule has 0 saturated carbocycles. The Labute approximate surface area is 226 Å². The van der Waals surface area contributed by atoms with E-state index in [2.05, 4.69) is 11.8 Å². The maximum Gasteiger partial charge on any atom is 0.339 e. The predicted molar refractivity (Wildman–Crippen MR) is 145 cm³/mol. The number of hydrogen-bond acceptors (Lipinski definition) is 5. The van der Waals surface area contributed by atoms with Gasteiger partial charge in [-0.15, -0.1) is 0 Å². The molecule has 196 valence electrons. The second-order valence-electron chi connectivity index (χ2n) is 8.51. The maximum atomic E-state index is 14.3. The minimum atomic E-state index is -4.47. The Morgan fingerprint density at radius 1 is 0.846 bits per heavy atom. The molecule has 4 aromatic carbocycles. The van der Waals surface area contributed by atoms with Crippen molar-refractivity contribution in [3.8, 4) is 11.8 Å². The summed E-state index contributed by atoms with van der Waals surface area (Å²) in [4.78, 5) is 25.9. The quantitative estimate of drug-likeness (QED) is 0.226. The van der Waals surface area contributed by atoms with Crippen molar-refractivity contribution in [2.45, 2.75) is 17.9 Å². The van der Waals surface area contributed by atoms with Crippen LogP contribution >= 0.6 is 0 Å². The zero-order valence-corrected chi connectivity index (χ0v) is 21.8. The number of carbonyl (C=O) groups is 2. The van der Waals surface area contributed by atoms with Crippen molar-refractivity contribution in [2.75, 3.05) is 6.61 Å². The fraction of sp³-hybridized carbons (Fsp3) is 0.0968. The number of nitrogens with zero attached hydrogens (tertiary/aromatic N) is 1. The van der Waals surface area contributed by atoms with Gasteiger partial charge in [0, 0.05) is 5.56 Å². The SMILES string of the molecule is Cc1ccc(S(=O)(=O)N(C(=O)c2ccccc2)C(C#CCOC(=O)c2ccccc2)c2cccc(F)c2)cc1. The summed E-state index contributed by atoms with van der Waals surface area (Å²) in [5, 5.41) is 0. The van der Waals surface area contributed by atoms with Crippen molar-refractivity contribution in [1.82, 2.24) is 4.31 Å². The largest absolute Gasteiger partial charge is 0.449 e. The lowest BCUT2D eigenvalue weighted by molar-refractivity contribution is 0.0555. The molecule has 6 nitrogen and oxygen atoms in total. The van der Waals surface area contributed by atoms with Gasteiger partial charge in [-0.05, 0) is 61.0 Å². The van der Waals surface area contributed by atoms with E-state index < -0.39 is 33.8 Å². The highest BCUT2D eigenvalue weighted by atomic mass is 32.2. The number of esters is 1. The van der Waals surface area contributed by atoms with E-state index >= 15 is 0 Å². The van der Waals surface area contributed by atoms with Crippen LogP contribution in [-0.4, -0.2) is 31.2 Å². The lowest BCUT2D eigenvalue weighted by Gasteiger charge is -2.28. The first-order valence-corrected chi connectivity index (χ1v) is 13.4. The van der Waals surface area contributed by atoms with Gasteiger partial charge in [-0.25, -0.2) is 21.9 Å². The molecule has 39 heavy (non-hydrogen) atoms. The maximum absolute atomic E-state index is 14.3. The molecular weight excluding hydrogens is 517 g/mol. The van der Waals surface area contributed by atoms with Crippen LogP contribution in [0.15, 0.2) is 114 Å². The molecule has 0 N–H and O–H groups in total. The molecule has 0 heterocycles. The molecule has 0 aliphatic heterocycles. The fourth-order valence-electron chi connectivity index (χ4n) is 3.75. The van der Waals surface area contributed by atoms with Gasteiger partial charge >= 0.3 is 5.97 Å². The minimum absolute atomic E-state index is 0.104. The lowest BCUT2D eigenvalue weighted by atomic mass is 10.1. The van der Waals surface area contributed by atoms with Gasteiger partial charge in [0.05, 0.1) is 10.5 Å². The van der Waals surface area contributed by atoms with Gasteiger partial charge in [-0.2, -0.15) is 0 Å². The number of halogens is 1. The molecule has 0 spiro atoms. The van der Waals surface area contributed by atoms with Crippen LogP contribution in [0.25, 0.3) is 0 Å². The highest BCUT2D eigenvalue weighted by Gasteiger charge is 2.37. The molecule has 4 rings (SSSR count). The second-order valence-corrected chi connectivity index (χ2v) is 10.3. The molecule has 0 aromatic heterocycles. The Kier molecular flexibility index (Phi) is 8.54. The van der Waals surface area contributed by atoms with Crippen LogP contribution in [-0.2, 0) is 14.8 Å². The van der Waals surface area contributed by atoms with Gasteiger partial charge in [0.25, 0.3) is 15.9 Å². The molecule has 0 aliphatic rings. The van der Waals surface area contributed by atoms with Gasteiger partial charge in [-0.1, -0.05) is 78.1 Å². The molecular formula is C31H24FNO5S. The van der Waals surface area contributed by atoms with Crippen molar-refractivity contribution in [3.05, 3.63) is 137 Å². The first-order chi connectivity index (χ1) is 18.8. The van der Waals surface area contributed by atoms with Crippen LogP contribution in [0.3, 0.4) is 0 Å². The lowest BCUT2D eigenvalue weighted by Crippen LogP contribution is -2.39. The van der Waals surface area contributed by atoms with Gasteiger partial charge in [0.15, 0.2) is 6.61 Å².